The maximum absolute atomic E-state index is 12.4. The van der Waals surface area contributed by atoms with Crippen molar-refractivity contribution >= 4 is 39.3 Å². The van der Waals surface area contributed by atoms with Crippen molar-refractivity contribution < 1.29 is 9.90 Å². The van der Waals surface area contributed by atoms with E-state index in [9.17, 15) is 9.90 Å². The molecule has 1 N–H and O–H groups in total. The van der Waals surface area contributed by atoms with E-state index in [1.807, 2.05) is 25.1 Å². The lowest BCUT2D eigenvalue weighted by Gasteiger charge is -2.01. The van der Waals surface area contributed by atoms with E-state index in [-0.39, 0.29) is 11.8 Å². The molecule has 26 heavy (non-hydrogen) atoms. The first kappa shape index (κ1) is 16.6. The Kier molecular flexibility index (Phi) is 4.09. The maximum Gasteiger partial charge on any atom is 0.279 e. The van der Waals surface area contributed by atoms with Gasteiger partial charge >= 0.3 is 0 Å². The van der Waals surface area contributed by atoms with Gasteiger partial charge in [0.25, 0.3) is 5.91 Å². The van der Waals surface area contributed by atoms with E-state index >= 15 is 0 Å². The minimum absolute atomic E-state index is 0.0369. The number of benzene rings is 1. The van der Waals surface area contributed by atoms with E-state index in [1.165, 1.54) is 22.7 Å². The van der Waals surface area contributed by atoms with Gasteiger partial charge in [-0.2, -0.15) is 4.99 Å². The molecule has 0 bridgehead atoms. The van der Waals surface area contributed by atoms with Crippen LogP contribution in [0.4, 0.5) is 5.13 Å². The summed E-state index contributed by atoms with van der Waals surface area (Å²) in [5.41, 5.74) is 0.385. The predicted octanol–water partition coefficient (Wildman–Crippen LogP) is 1.19. The normalized spacial score (nSPS) is 13.8. The van der Waals surface area contributed by atoms with Crippen LogP contribution in [-0.2, 0) is 11.3 Å². The van der Waals surface area contributed by atoms with E-state index in [4.69, 9.17) is 0 Å². The van der Waals surface area contributed by atoms with Gasteiger partial charge in [-0.15, -0.1) is 16.8 Å². The number of carbonyl (C=O) groups excluding carboxylic acids is 1. The van der Waals surface area contributed by atoms with Gasteiger partial charge in [0.15, 0.2) is 4.80 Å². The zero-order valence-corrected chi connectivity index (χ0v) is 15.3. The van der Waals surface area contributed by atoms with Crippen LogP contribution in [0.15, 0.2) is 46.9 Å². The second kappa shape index (κ2) is 6.43. The molecular weight excluding hydrogens is 370 g/mol. The average molecular weight is 383 g/mol. The van der Waals surface area contributed by atoms with Crippen molar-refractivity contribution in [3.05, 3.63) is 62.2 Å². The van der Waals surface area contributed by atoms with Gasteiger partial charge in [0.1, 0.15) is 9.88 Å². The van der Waals surface area contributed by atoms with Crippen LogP contribution in [0.5, 0.6) is 5.88 Å². The van der Waals surface area contributed by atoms with Crippen molar-refractivity contribution in [3.63, 3.8) is 0 Å². The third-order valence-electron chi connectivity index (χ3n) is 3.74. The van der Waals surface area contributed by atoms with Crippen LogP contribution in [0.1, 0.15) is 9.88 Å². The summed E-state index contributed by atoms with van der Waals surface area (Å²) in [6, 6.07) is 7.26. The topological polar surface area (TPSA) is 92.7 Å². The number of aromatic nitrogens is 3. The molecule has 1 amide bonds. The van der Waals surface area contributed by atoms with Gasteiger partial charge < -0.3 is 5.11 Å². The number of hydrogen-bond acceptors (Lipinski definition) is 7. The van der Waals surface area contributed by atoms with E-state index < -0.39 is 0 Å². The number of thiazole rings is 1. The van der Waals surface area contributed by atoms with Gasteiger partial charge in [-0.05, 0) is 13.0 Å². The van der Waals surface area contributed by atoms with Gasteiger partial charge in [-0.1, -0.05) is 46.9 Å². The second-order valence-electron chi connectivity index (χ2n) is 5.46. The summed E-state index contributed by atoms with van der Waals surface area (Å²) in [4.78, 5) is 21.9. The highest BCUT2D eigenvalue weighted by atomic mass is 32.1. The monoisotopic (exact) mass is 383 g/mol. The van der Waals surface area contributed by atoms with Crippen LogP contribution in [-0.4, -0.2) is 25.8 Å². The summed E-state index contributed by atoms with van der Waals surface area (Å²) in [7, 11) is 0. The quantitative estimate of drug-likeness (QED) is 0.685. The van der Waals surface area contributed by atoms with Crippen LogP contribution >= 0.6 is 22.7 Å². The molecule has 0 aliphatic carbocycles. The highest BCUT2D eigenvalue weighted by Gasteiger charge is 2.25. The minimum Gasteiger partial charge on any atom is -0.493 e. The molecule has 0 spiro atoms. The van der Waals surface area contributed by atoms with Crippen molar-refractivity contribution in [1.82, 2.24) is 14.8 Å². The average Bonchev–Trinajstić information content (AvgIpc) is 3.26. The van der Waals surface area contributed by atoms with Gasteiger partial charge in [0, 0.05) is 11.8 Å². The molecule has 0 saturated heterocycles. The van der Waals surface area contributed by atoms with E-state index in [0.29, 0.717) is 37.5 Å². The number of carbonyl (C=O) groups is 1. The number of aryl methyl sites for hydroxylation is 1. The van der Waals surface area contributed by atoms with Crippen molar-refractivity contribution in [1.29, 1.82) is 0 Å². The molecule has 2 aromatic heterocycles. The van der Waals surface area contributed by atoms with E-state index in [1.54, 1.807) is 16.7 Å². The first-order chi connectivity index (χ1) is 12.6. The molecule has 130 valence electrons. The standard InChI is InChI=1S/C17H13N5O2S2/c1-3-8-22-15(24)13(26-17(22)19-16-21-20-9(2)25-16)12-10-6-4-5-7-11(10)18-14(12)23/h3-7,24H,1,8H2,2H3/b19-17+. The predicted molar refractivity (Wildman–Crippen MR) is 98.8 cm³/mol. The molecule has 1 aliphatic rings. The molecule has 0 fully saturated rings. The van der Waals surface area contributed by atoms with E-state index in [0.717, 1.165) is 5.01 Å². The Morgan fingerprint density at radius 3 is 2.85 bits per heavy atom. The highest BCUT2D eigenvalue weighted by Crippen LogP contribution is 2.29. The lowest BCUT2D eigenvalue weighted by molar-refractivity contribution is -0.112. The Labute approximate surface area is 155 Å². The first-order valence-corrected chi connectivity index (χ1v) is 9.33. The maximum atomic E-state index is 12.4. The number of hydrogen-bond donors (Lipinski definition) is 1. The molecule has 0 saturated carbocycles. The van der Waals surface area contributed by atoms with Gasteiger partial charge in [-0.3, -0.25) is 9.36 Å². The zero-order chi connectivity index (χ0) is 18.3. The third-order valence-corrected chi connectivity index (χ3v) is 5.56. The number of aromatic hydroxyl groups is 1. The number of nitrogens with zero attached hydrogens (tertiary/aromatic N) is 5. The molecule has 3 aromatic rings. The largest absolute Gasteiger partial charge is 0.493 e. The first-order valence-electron chi connectivity index (χ1n) is 7.69. The summed E-state index contributed by atoms with van der Waals surface area (Å²) < 4.78 is 1.59. The molecule has 3 heterocycles. The Morgan fingerprint density at radius 1 is 1.31 bits per heavy atom. The highest BCUT2D eigenvalue weighted by molar-refractivity contribution is 7.15. The van der Waals surface area contributed by atoms with Crippen molar-refractivity contribution in [2.75, 3.05) is 0 Å². The summed E-state index contributed by atoms with van der Waals surface area (Å²) in [6.07, 6.45) is 1.65. The van der Waals surface area contributed by atoms with Crippen molar-refractivity contribution in [2.24, 2.45) is 9.98 Å². The van der Waals surface area contributed by atoms with Gasteiger partial charge in [0.05, 0.1) is 10.9 Å². The molecule has 0 unspecified atom stereocenters. The van der Waals surface area contributed by atoms with Crippen molar-refractivity contribution in [2.45, 2.75) is 13.5 Å². The number of allylic oxidation sites excluding steroid dienone is 1. The fraction of sp³-hybridized carbons (Fsp3) is 0.118. The fourth-order valence-corrected chi connectivity index (χ4v) is 4.34. The van der Waals surface area contributed by atoms with Crippen LogP contribution in [0.2, 0.25) is 0 Å². The van der Waals surface area contributed by atoms with E-state index in [2.05, 4.69) is 26.8 Å². The number of rotatable bonds is 4. The van der Waals surface area contributed by atoms with Crippen LogP contribution in [0.3, 0.4) is 0 Å². The summed E-state index contributed by atoms with van der Waals surface area (Å²) in [5, 5.41) is 21.3. The summed E-state index contributed by atoms with van der Waals surface area (Å²) in [6.45, 7) is 5.91. The Balaban J connectivity index is 1.99. The van der Waals surface area contributed by atoms with Crippen LogP contribution < -0.4 is 15.4 Å². The van der Waals surface area contributed by atoms with Crippen LogP contribution in [0.25, 0.3) is 5.57 Å². The smallest absolute Gasteiger partial charge is 0.279 e. The molecule has 1 aliphatic heterocycles. The lowest BCUT2D eigenvalue weighted by atomic mass is 10.1. The molecule has 7 nitrogen and oxygen atoms in total. The zero-order valence-electron chi connectivity index (χ0n) is 13.7. The van der Waals surface area contributed by atoms with Crippen LogP contribution in [0, 0.1) is 6.92 Å². The molecule has 4 rings (SSSR count). The number of fused-ring (bicyclic) bond motifs is 1. The van der Waals surface area contributed by atoms with Gasteiger partial charge in [0.2, 0.25) is 11.0 Å². The van der Waals surface area contributed by atoms with Crippen molar-refractivity contribution in [3.8, 4) is 5.88 Å². The Morgan fingerprint density at radius 2 is 2.12 bits per heavy atom. The number of para-hydroxylation sites is 1. The SMILES string of the molecule is C=CCn1c(O)c(C2=c3ccccc3=NC2=O)s/c1=N/c1nnc(C)s1. The minimum atomic E-state index is -0.369. The molecule has 0 atom stereocenters. The second-order valence-corrected chi connectivity index (χ2v) is 7.60. The summed E-state index contributed by atoms with van der Waals surface area (Å²) >= 11 is 2.56. The Hall–Kier alpha value is -2.91. The lowest BCUT2D eigenvalue weighted by Crippen LogP contribution is -2.22. The molecule has 9 heteroatoms. The molecule has 1 aromatic carbocycles. The summed E-state index contributed by atoms with van der Waals surface area (Å²) in [5.74, 6) is -0.406. The van der Waals surface area contributed by atoms with Gasteiger partial charge in [-0.25, -0.2) is 4.99 Å². The molecular formula is C17H13N5O2S2. The fourth-order valence-electron chi connectivity index (χ4n) is 2.64. The third kappa shape index (κ3) is 2.71. The number of amides is 1. The Bertz CT molecular complexity index is 1230. The molecule has 0 radical (unpaired) electrons.